The fourth-order valence-corrected chi connectivity index (χ4v) is 1.26. The molecule has 84 valence electrons. The molecule has 1 aromatic heterocycles. The van der Waals surface area contributed by atoms with Crippen LogP contribution in [0.3, 0.4) is 0 Å². The van der Waals surface area contributed by atoms with Crippen molar-refractivity contribution >= 4 is 5.97 Å². The summed E-state index contributed by atoms with van der Waals surface area (Å²) in [6.45, 7) is 6.49. The second-order valence-electron chi connectivity index (χ2n) is 4.46. The Hall–Kier alpha value is -1.36. The molecule has 0 bridgehead atoms. The molecule has 5 nitrogen and oxygen atoms in total. The first kappa shape index (κ1) is 11.7. The molecule has 0 unspecified atom stereocenters. The van der Waals surface area contributed by atoms with Crippen LogP contribution in [-0.4, -0.2) is 38.0 Å². The standard InChI is InChI=1S/C10H17N3O2/c1-10(2,3)13(7-9(14)15)6-8-11-4-5-12-8/h4-5H,6-7H2,1-3H3,(H,11,12)(H,14,15). The van der Waals surface area contributed by atoms with E-state index in [0.29, 0.717) is 6.54 Å². The van der Waals surface area contributed by atoms with Crippen LogP contribution >= 0.6 is 0 Å². The van der Waals surface area contributed by atoms with Crippen molar-refractivity contribution in [3.63, 3.8) is 0 Å². The molecule has 0 aliphatic carbocycles. The second kappa shape index (κ2) is 4.44. The molecule has 1 aromatic rings. The zero-order chi connectivity index (χ0) is 11.5. The van der Waals surface area contributed by atoms with Crippen molar-refractivity contribution in [1.29, 1.82) is 0 Å². The number of hydrogen-bond acceptors (Lipinski definition) is 3. The number of aromatic nitrogens is 2. The molecular weight excluding hydrogens is 194 g/mol. The van der Waals surface area contributed by atoms with Gasteiger partial charge >= 0.3 is 5.97 Å². The van der Waals surface area contributed by atoms with Crippen LogP contribution in [0.25, 0.3) is 0 Å². The number of rotatable bonds is 4. The lowest BCUT2D eigenvalue weighted by atomic mass is 10.1. The van der Waals surface area contributed by atoms with Gasteiger partial charge in [0.1, 0.15) is 5.82 Å². The topological polar surface area (TPSA) is 69.2 Å². The fourth-order valence-electron chi connectivity index (χ4n) is 1.26. The largest absolute Gasteiger partial charge is 0.480 e. The van der Waals surface area contributed by atoms with Crippen molar-refractivity contribution in [2.75, 3.05) is 6.54 Å². The number of carboxylic acid groups (broad SMARTS) is 1. The van der Waals surface area contributed by atoms with Crippen molar-refractivity contribution in [2.24, 2.45) is 0 Å². The van der Waals surface area contributed by atoms with Crippen LogP contribution in [-0.2, 0) is 11.3 Å². The fraction of sp³-hybridized carbons (Fsp3) is 0.600. The third-order valence-corrected chi connectivity index (χ3v) is 2.17. The molecule has 0 aromatic carbocycles. The van der Waals surface area contributed by atoms with E-state index in [-0.39, 0.29) is 12.1 Å². The predicted octanol–water partition coefficient (Wildman–Crippen LogP) is 1.09. The van der Waals surface area contributed by atoms with Gasteiger partial charge in [-0.05, 0) is 20.8 Å². The molecule has 0 saturated carbocycles. The summed E-state index contributed by atoms with van der Waals surface area (Å²) in [5.41, 5.74) is -0.189. The lowest BCUT2D eigenvalue weighted by Crippen LogP contribution is -2.44. The number of aliphatic carboxylic acids is 1. The van der Waals surface area contributed by atoms with Crippen molar-refractivity contribution in [3.8, 4) is 0 Å². The Bertz CT molecular complexity index is 314. The molecule has 0 aliphatic heterocycles. The van der Waals surface area contributed by atoms with E-state index in [2.05, 4.69) is 9.97 Å². The van der Waals surface area contributed by atoms with Crippen LogP contribution in [0.1, 0.15) is 26.6 Å². The molecule has 0 atom stereocenters. The van der Waals surface area contributed by atoms with Gasteiger partial charge in [0.25, 0.3) is 0 Å². The minimum atomic E-state index is -0.823. The van der Waals surface area contributed by atoms with Gasteiger partial charge in [-0.1, -0.05) is 0 Å². The summed E-state index contributed by atoms with van der Waals surface area (Å²) in [5, 5.41) is 8.80. The highest BCUT2D eigenvalue weighted by atomic mass is 16.4. The lowest BCUT2D eigenvalue weighted by Gasteiger charge is -2.33. The van der Waals surface area contributed by atoms with Gasteiger partial charge in [-0.25, -0.2) is 4.98 Å². The molecule has 0 fully saturated rings. The normalized spacial score (nSPS) is 12.0. The maximum absolute atomic E-state index is 10.7. The molecule has 1 heterocycles. The zero-order valence-electron chi connectivity index (χ0n) is 9.32. The monoisotopic (exact) mass is 211 g/mol. The quantitative estimate of drug-likeness (QED) is 0.782. The van der Waals surface area contributed by atoms with E-state index in [9.17, 15) is 4.79 Å². The second-order valence-corrected chi connectivity index (χ2v) is 4.46. The van der Waals surface area contributed by atoms with Crippen LogP contribution in [0.15, 0.2) is 12.4 Å². The Labute approximate surface area is 89.1 Å². The highest BCUT2D eigenvalue weighted by Gasteiger charge is 2.24. The van der Waals surface area contributed by atoms with E-state index < -0.39 is 5.97 Å². The van der Waals surface area contributed by atoms with Crippen LogP contribution in [0.4, 0.5) is 0 Å². The Balaban J connectivity index is 2.69. The van der Waals surface area contributed by atoms with Crippen LogP contribution < -0.4 is 0 Å². The van der Waals surface area contributed by atoms with E-state index in [4.69, 9.17) is 5.11 Å². The maximum atomic E-state index is 10.7. The molecule has 0 radical (unpaired) electrons. The first-order valence-electron chi connectivity index (χ1n) is 4.84. The van der Waals surface area contributed by atoms with E-state index >= 15 is 0 Å². The molecule has 0 spiro atoms. The highest BCUT2D eigenvalue weighted by molar-refractivity contribution is 5.69. The molecule has 0 amide bonds. The number of imidazole rings is 1. The summed E-state index contributed by atoms with van der Waals surface area (Å²) in [4.78, 5) is 19.6. The van der Waals surface area contributed by atoms with Gasteiger partial charge in [-0.3, -0.25) is 9.69 Å². The van der Waals surface area contributed by atoms with Gasteiger partial charge in [-0.15, -0.1) is 0 Å². The summed E-state index contributed by atoms with van der Waals surface area (Å²) in [6.07, 6.45) is 3.40. The van der Waals surface area contributed by atoms with Gasteiger partial charge in [0.15, 0.2) is 0 Å². The number of nitrogens with one attached hydrogen (secondary N) is 1. The van der Waals surface area contributed by atoms with Gasteiger partial charge in [0.05, 0.1) is 13.1 Å². The number of aromatic amines is 1. The molecule has 0 aliphatic rings. The predicted molar refractivity (Wildman–Crippen MR) is 56.4 cm³/mol. The average Bonchev–Trinajstić information content (AvgIpc) is 2.53. The van der Waals surface area contributed by atoms with E-state index in [1.54, 1.807) is 12.4 Å². The summed E-state index contributed by atoms with van der Waals surface area (Å²) in [5.74, 6) is -0.0392. The molecule has 0 saturated heterocycles. The minimum absolute atomic E-state index is 0.0181. The molecule has 2 N–H and O–H groups in total. The van der Waals surface area contributed by atoms with Crippen LogP contribution in [0, 0.1) is 0 Å². The molecule has 5 heteroatoms. The van der Waals surface area contributed by atoms with Gasteiger partial charge in [0, 0.05) is 17.9 Å². The first-order chi connectivity index (χ1) is 6.89. The Morgan fingerprint density at radius 1 is 1.60 bits per heavy atom. The molecular formula is C10H17N3O2. The highest BCUT2D eigenvalue weighted by Crippen LogP contribution is 2.15. The summed E-state index contributed by atoms with van der Waals surface area (Å²) < 4.78 is 0. The summed E-state index contributed by atoms with van der Waals surface area (Å²) in [7, 11) is 0. The van der Waals surface area contributed by atoms with Crippen molar-refractivity contribution in [2.45, 2.75) is 32.9 Å². The minimum Gasteiger partial charge on any atom is -0.480 e. The lowest BCUT2D eigenvalue weighted by molar-refractivity contribution is -0.140. The van der Waals surface area contributed by atoms with Crippen molar-refractivity contribution in [1.82, 2.24) is 14.9 Å². The van der Waals surface area contributed by atoms with Gasteiger partial charge in [-0.2, -0.15) is 0 Å². The number of nitrogens with zero attached hydrogens (tertiary/aromatic N) is 2. The maximum Gasteiger partial charge on any atom is 0.317 e. The Morgan fingerprint density at radius 3 is 2.67 bits per heavy atom. The number of hydrogen-bond donors (Lipinski definition) is 2. The van der Waals surface area contributed by atoms with Crippen molar-refractivity contribution in [3.05, 3.63) is 18.2 Å². The first-order valence-corrected chi connectivity index (χ1v) is 4.84. The summed E-state index contributed by atoms with van der Waals surface area (Å²) in [6, 6.07) is 0. The molecule has 1 rings (SSSR count). The number of carbonyl (C=O) groups is 1. The van der Waals surface area contributed by atoms with Crippen LogP contribution in [0.2, 0.25) is 0 Å². The Kier molecular flexibility index (Phi) is 3.47. The zero-order valence-corrected chi connectivity index (χ0v) is 9.32. The van der Waals surface area contributed by atoms with Crippen molar-refractivity contribution < 1.29 is 9.90 Å². The van der Waals surface area contributed by atoms with E-state index in [0.717, 1.165) is 5.82 Å². The van der Waals surface area contributed by atoms with Gasteiger partial charge in [0.2, 0.25) is 0 Å². The van der Waals surface area contributed by atoms with E-state index in [1.165, 1.54) is 0 Å². The SMILES string of the molecule is CC(C)(C)N(CC(=O)O)Cc1ncc[nH]1. The molecule has 15 heavy (non-hydrogen) atoms. The smallest absolute Gasteiger partial charge is 0.317 e. The third kappa shape index (κ3) is 3.71. The van der Waals surface area contributed by atoms with E-state index in [1.807, 2.05) is 25.7 Å². The summed E-state index contributed by atoms with van der Waals surface area (Å²) >= 11 is 0. The average molecular weight is 211 g/mol. The third-order valence-electron chi connectivity index (χ3n) is 2.17. The Morgan fingerprint density at radius 2 is 2.27 bits per heavy atom. The van der Waals surface area contributed by atoms with Gasteiger partial charge < -0.3 is 10.1 Å². The number of H-pyrrole nitrogens is 1. The number of carboxylic acids is 1. The van der Waals surface area contributed by atoms with Crippen LogP contribution in [0.5, 0.6) is 0 Å².